The Bertz CT molecular complexity index is 3620. The SMILES string of the molecule is c1ccc(-c2ccccc2-c2ccccc2-c2ccccc2N(c2ccc(-c3ccc4c(c3)c3ccccc3n4-c3ccccc3)cc2)c2cccc3sc4ccccc4c23)cc1. The first-order chi connectivity index (χ1) is 31.3. The second-order valence-electron chi connectivity index (χ2n) is 16.0. The highest BCUT2D eigenvalue weighted by atomic mass is 32.1. The molecule has 0 aliphatic heterocycles. The van der Waals surface area contributed by atoms with E-state index in [1.807, 2.05) is 11.3 Å². The van der Waals surface area contributed by atoms with E-state index in [2.05, 4.69) is 252 Å². The molecular weight excluding hydrogens is 781 g/mol. The molecule has 2 nitrogen and oxygen atoms in total. The normalized spacial score (nSPS) is 11.5. The number of benzene rings is 10. The van der Waals surface area contributed by atoms with Gasteiger partial charge in [0.15, 0.2) is 0 Å². The summed E-state index contributed by atoms with van der Waals surface area (Å²) in [6.07, 6.45) is 0. The van der Waals surface area contributed by atoms with Crippen LogP contribution in [0, 0.1) is 0 Å². The van der Waals surface area contributed by atoms with E-state index in [0.29, 0.717) is 0 Å². The van der Waals surface area contributed by atoms with Crippen LogP contribution in [-0.4, -0.2) is 4.57 Å². The third-order valence-corrected chi connectivity index (χ3v) is 13.6. The van der Waals surface area contributed by atoms with Gasteiger partial charge < -0.3 is 9.47 Å². The van der Waals surface area contributed by atoms with Crippen LogP contribution in [0.25, 0.3) is 92.2 Å². The van der Waals surface area contributed by atoms with Gasteiger partial charge >= 0.3 is 0 Å². The van der Waals surface area contributed by atoms with Crippen molar-refractivity contribution in [3.8, 4) is 50.2 Å². The van der Waals surface area contributed by atoms with Crippen LogP contribution in [-0.2, 0) is 0 Å². The summed E-state index contributed by atoms with van der Waals surface area (Å²) < 4.78 is 4.93. The zero-order valence-electron chi connectivity index (χ0n) is 34.4. The number of rotatable bonds is 8. The summed E-state index contributed by atoms with van der Waals surface area (Å²) in [6.45, 7) is 0. The minimum atomic E-state index is 1.10. The molecule has 296 valence electrons. The fourth-order valence-electron chi connectivity index (χ4n) is 9.60. The van der Waals surface area contributed by atoms with Crippen LogP contribution < -0.4 is 4.90 Å². The average Bonchev–Trinajstić information content (AvgIpc) is 3.91. The van der Waals surface area contributed by atoms with E-state index in [1.165, 1.54) is 80.9 Å². The Morgan fingerprint density at radius 2 is 0.857 bits per heavy atom. The molecule has 2 aromatic heterocycles. The number of hydrogen-bond donors (Lipinski definition) is 0. The number of para-hydroxylation sites is 3. The number of aromatic nitrogens is 1. The van der Waals surface area contributed by atoms with Crippen LogP contribution in [0.1, 0.15) is 0 Å². The van der Waals surface area contributed by atoms with Crippen molar-refractivity contribution in [2.45, 2.75) is 0 Å². The summed E-state index contributed by atoms with van der Waals surface area (Å²) in [5, 5.41) is 5.03. The molecule has 63 heavy (non-hydrogen) atoms. The minimum absolute atomic E-state index is 1.10. The van der Waals surface area contributed by atoms with Gasteiger partial charge in [-0.2, -0.15) is 0 Å². The van der Waals surface area contributed by atoms with E-state index in [0.717, 1.165) is 28.3 Å². The van der Waals surface area contributed by atoms with E-state index >= 15 is 0 Å². The Kier molecular flexibility index (Phi) is 9.06. The molecule has 0 spiro atoms. The molecule has 10 aromatic carbocycles. The van der Waals surface area contributed by atoms with Crippen molar-refractivity contribution in [1.82, 2.24) is 4.57 Å². The second-order valence-corrected chi connectivity index (χ2v) is 17.1. The molecule has 0 aliphatic rings. The van der Waals surface area contributed by atoms with Gasteiger partial charge in [-0.25, -0.2) is 0 Å². The molecule has 0 saturated carbocycles. The fraction of sp³-hybridized carbons (Fsp3) is 0. The molecule has 0 N–H and O–H groups in total. The molecule has 0 amide bonds. The Balaban J connectivity index is 1.03. The summed E-state index contributed by atoms with van der Waals surface area (Å²) in [4.78, 5) is 2.48. The first kappa shape index (κ1) is 36.8. The molecule has 3 heteroatoms. The standard InChI is InChI=1S/C60H40N2S/c1-3-18-42(19-4-1)46-22-7-8-23-47(46)48-24-9-10-25-49(48)50-26-11-14-29-54(50)62(57-31-17-33-59-60(57)52-28-13-16-32-58(52)63-59)45-37-34-41(35-38-45)43-36-39-56-53(40-43)51-27-12-15-30-55(51)61(56)44-20-5-2-6-21-44/h1-40H. The minimum Gasteiger partial charge on any atom is -0.309 e. The Morgan fingerprint density at radius 1 is 0.317 bits per heavy atom. The molecule has 12 aromatic rings. The molecule has 2 heterocycles. The van der Waals surface area contributed by atoms with Crippen LogP contribution in [0.3, 0.4) is 0 Å². The van der Waals surface area contributed by atoms with Gasteiger partial charge in [-0.1, -0.05) is 176 Å². The summed E-state index contributed by atoms with van der Waals surface area (Å²) in [6, 6.07) is 88.4. The molecule has 0 bridgehead atoms. The van der Waals surface area contributed by atoms with E-state index in [-0.39, 0.29) is 0 Å². The fourth-order valence-corrected chi connectivity index (χ4v) is 10.7. The predicted molar refractivity (Wildman–Crippen MR) is 270 cm³/mol. The molecule has 0 aliphatic carbocycles. The van der Waals surface area contributed by atoms with Gasteiger partial charge in [0.1, 0.15) is 0 Å². The summed E-state index contributed by atoms with van der Waals surface area (Å²) in [5.41, 5.74) is 16.5. The van der Waals surface area contributed by atoms with Crippen LogP contribution in [0.5, 0.6) is 0 Å². The quantitative estimate of drug-likeness (QED) is 0.148. The maximum absolute atomic E-state index is 2.48. The number of nitrogens with zero attached hydrogens (tertiary/aromatic N) is 2. The number of thiophene rings is 1. The summed E-state index contributed by atoms with van der Waals surface area (Å²) >= 11 is 1.86. The number of hydrogen-bond acceptors (Lipinski definition) is 2. The lowest BCUT2D eigenvalue weighted by Crippen LogP contribution is -2.11. The van der Waals surface area contributed by atoms with Gasteiger partial charge in [0.2, 0.25) is 0 Å². The van der Waals surface area contributed by atoms with Gasteiger partial charge in [0.05, 0.1) is 22.4 Å². The van der Waals surface area contributed by atoms with E-state index < -0.39 is 0 Å². The highest BCUT2D eigenvalue weighted by Crippen LogP contribution is 2.49. The van der Waals surface area contributed by atoms with E-state index in [4.69, 9.17) is 0 Å². The third kappa shape index (κ3) is 6.33. The van der Waals surface area contributed by atoms with Crippen LogP contribution >= 0.6 is 11.3 Å². The number of anilines is 3. The van der Waals surface area contributed by atoms with Crippen molar-refractivity contribution >= 4 is 70.4 Å². The zero-order chi connectivity index (χ0) is 41.7. The first-order valence-corrected chi connectivity index (χ1v) is 22.3. The topological polar surface area (TPSA) is 8.17 Å². The molecule has 0 saturated heterocycles. The van der Waals surface area contributed by atoms with E-state index in [1.54, 1.807) is 0 Å². The van der Waals surface area contributed by atoms with Crippen molar-refractivity contribution in [3.63, 3.8) is 0 Å². The van der Waals surface area contributed by atoms with Crippen molar-refractivity contribution in [2.75, 3.05) is 4.90 Å². The van der Waals surface area contributed by atoms with Crippen LogP contribution in [0.2, 0.25) is 0 Å². The maximum Gasteiger partial charge on any atom is 0.0555 e. The lowest BCUT2D eigenvalue weighted by atomic mass is 9.88. The molecule has 0 radical (unpaired) electrons. The Labute approximate surface area is 370 Å². The van der Waals surface area contributed by atoms with Gasteiger partial charge in [-0.3, -0.25) is 0 Å². The highest BCUT2D eigenvalue weighted by molar-refractivity contribution is 7.26. The molecular formula is C60H40N2S. The molecule has 0 atom stereocenters. The first-order valence-electron chi connectivity index (χ1n) is 21.5. The van der Waals surface area contributed by atoms with Gasteiger partial charge in [-0.05, 0) is 106 Å². The van der Waals surface area contributed by atoms with Gasteiger partial charge in [0.25, 0.3) is 0 Å². The molecule has 0 unspecified atom stereocenters. The lowest BCUT2D eigenvalue weighted by molar-refractivity contribution is 1.18. The lowest BCUT2D eigenvalue weighted by Gasteiger charge is -2.29. The maximum atomic E-state index is 2.48. The van der Waals surface area contributed by atoms with Crippen LogP contribution in [0.4, 0.5) is 17.1 Å². The molecule has 12 rings (SSSR count). The van der Waals surface area contributed by atoms with Crippen molar-refractivity contribution < 1.29 is 0 Å². The summed E-state index contributed by atoms with van der Waals surface area (Å²) in [7, 11) is 0. The zero-order valence-corrected chi connectivity index (χ0v) is 35.2. The van der Waals surface area contributed by atoms with Crippen molar-refractivity contribution in [3.05, 3.63) is 243 Å². The number of fused-ring (bicyclic) bond motifs is 6. The Hall–Kier alpha value is -7.98. The molecule has 0 fully saturated rings. The van der Waals surface area contributed by atoms with Crippen LogP contribution in [0.15, 0.2) is 243 Å². The summed E-state index contributed by atoms with van der Waals surface area (Å²) in [5.74, 6) is 0. The largest absolute Gasteiger partial charge is 0.309 e. The van der Waals surface area contributed by atoms with Gasteiger partial charge in [-0.15, -0.1) is 11.3 Å². The third-order valence-electron chi connectivity index (χ3n) is 12.4. The second kappa shape index (κ2) is 15.5. The van der Waals surface area contributed by atoms with Crippen molar-refractivity contribution in [2.24, 2.45) is 0 Å². The van der Waals surface area contributed by atoms with Gasteiger partial charge in [0, 0.05) is 47.9 Å². The highest BCUT2D eigenvalue weighted by Gasteiger charge is 2.23. The monoisotopic (exact) mass is 820 g/mol. The smallest absolute Gasteiger partial charge is 0.0555 e. The van der Waals surface area contributed by atoms with Crippen molar-refractivity contribution in [1.29, 1.82) is 0 Å². The Morgan fingerprint density at radius 3 is 1.63 bits per heavy atom. The predicted octanol–water partition coefficient (Wildman–Crippen LogP) is 17.3. The van der Waals surface area contributed by atoms with E-state index in [9.17, 15) is 0 Å². The average molecular weight is 821 g/mol.